The van der Waals surface area contributed by atoms with Gasteiger partial charge in [0.1, 0.15) is 12.4 Å². The Labute approximate surface area is 151 Å². The topological polar surface area (TPSA) is 60.2 Å². The highest BCUT2D eigenvalue weighted by Gasteiger charge is 2.20. The number of hydrogen-bond acceptors (Lipinski definition) is 5. The molecule has 0 aliphatic carbocycles. The summed E-state index contributed by atoms with van der Waals surface area (Å²) in [5.41, 5.74) is 1.95. The molecule has 1 aliphatic heterocycles. The highest BCUT2D eigenvalue weighted by molar-refractivity contribution is 6.30. The lowest BCUT2D eigenvalue weighted by molar-refractivity contribution is 0.296. The summed E-state index contributed by atoms with van der Waals surface area (Å²) in [6, 6.07) is 15.3. The van der Waals surface area contributed by atoms with Crippen molar-refractivity contribution >= 4 is 11.6 Å². The average molecular weight is 356 g/mol. The van der Waals surface area contributed by atoms with Crippen molar-refractivity contribution in [1.82, 2.24) is 15.5 Å². The third-order valence-corrected chi connectivity index (χ3v) is 4.44. The Bertz CT molecular complexity index is 844. The Morgan fingerprint density at radius 1 is 1.16 bits per heavy atom. The van der Waals surface area contributed by atoms with E-state index in [0.717, 1.165) is 36.4 Å². The molecule has 1 N–H and O–H groups in total. The van der Waals surface area contributed by atoms with Gasteiger partial charge in [-0.25, -0.2) is 0 Å². The maximum absolute atomic E-state index is 5.98. The van der Waals surface area contributed by atoms with Crippen LogP contribution in [-0.2, 0) is 13.0 Å². The van der Waals surface area contributed by atoms with E-state index in [-0.39, 0.29) is 0 Å². The fourth-order valence-electron chi connectivity index (χ4n) is 2.69. The first-order chi connectivity index (χ1) is 12.3. The van der Waals surface area contributed by atoms with Crippen LogP contribution in [0, 0.1) is 5.92 Å². The normalized spacial score (nSPS) is 14.3. The quantitative estimate of drug-likeness (QED) is 0.730. The fourth-order valence-corrected chi connectivity index (χ4v) is 2.90. The molecule has 1 fully saturated rings. The van der Waals surface area contributed by atoms with Crippen molar-refractivity contribution in [2.24, 2.45) is 5.92 Å². The van der Waals surface area contributed by atoms with Gasteiger partial charge in [-0.15, -0.1) is 0 Å². The molecule has 3 aromatic rings. The van der Waals surface area contributed by atoms with Gasteiger partial charge in [0.25, 0.3) is 0 Å². The van der Waals surface area contributed by atoms with Crippen molar-refractivity contribution in [3.05, 3.63) is 65.0 Å². The second kappa shape index (κ2) is 7.25. The molecule has 0 amide bonds. The molecule has 4 rings (SSSR count). The number of halogens is 1. The van der Waals surface area contributed by atoms with Gasteiger partial charge in [-0.05, 0) is 61.0 Å². The Morgan fingerprint density at radius 2 is 2.00 bits per heavy atom. The highest BCUT2D eigenvalue weighted by atomic mass is 35.5. The third-order valence-electron chi connectivity index (χ3n) is 4.20. The predicted octanol–water partition coefficient (Wildman–Crippen LogP) is 3.73. The van der Waals surface area contributed by atoms with Gasteiger partial charge in [0, 0.05) is 17.0 Å². The smallest absolute Gasteiger partial charge is 0.227 e. The maximum atomic E-state index is 5.98. The molecule has 0 spiro atoms. The number of ether oxygens (including phenoxy) is 1. The molecule has 6 heteroatoms. The summed E-state index contributed by atoms with van der Waals surface area (Å²) in [6.07, 6.45) is 0.834. The van der Waals surface area contributed by atoms with Crippen LogP contribution in [0.3, 0.4) is 0 Å². The number of nitrogens with one attached hydrogen (secondary N) is 1. The van der Waals surface area contributed by atoms with E-state index in [2.05, 4.69) is 15.5 Å². The lowest BCUT2D eigenvalue weighted by Crippen LogP contribution is -2.43. The van der Waals surface area contributed by atoms with Crippen LogP contribution in [0.2, 0.25) is 5.02 Å². The molecule has 2 heterocycles. The van der Waals surface area contributed by atoms with E-state index in [1.54, 1.807) is 0 Å². The van der Waals surface area contributed by atoms with Crippen molar-refractivity contribution in [3.63, 3.8) is 0 Å². The van der Waals surface area contributed by atoms with Crippen LogP contribution in [0.5, 0.6) is 5.75 Å². The molecule has 128 valence electrons. The molecule has 0 saturated carbocycles. The Hall–Kier alpha value is -2.37. The number of hydrogen-bond donors (Lipinski definition) is 1. The van der Waals surface area contributed by atoms with Crippen molar-refractivity contribution < 1.29 is 9.26 Å². The monoisotopic (exact) mass is 355 g/mol. The largest absolute Gasteiger partial charge is 0.489 e. The first kappa shape index (κ1) is 16.1. The first-order valence-corrected chi connectivity index (χ1v) is 8.65. The van der Waals surface area contributed by atoms with Crippen molar-refractivity contribution in [3.8, 4) is 17.1 Å². The van der Waals surface area contributed by atoms with Gasteiger partial charge in [-0.3, -0.25) is 0 Å². The van der Waals surface area contributed by atoms with Gasteiger partial charge >= 0.3 is 0 Å². The minimum absolute atomic E-state index is 0.474. The van der Waals surface area contributed by atoms with Gasteiger partial charge in [0.15, 0.2) is 0 Å². The summed E-state index contributed by atoms with van der Waals surface area (Å²) in [4.78, 5) is 4.47. The fraction of sp³-hybridized carbons (Fsp3) is 0.263. The van der Waals surface area contributed by atoms with Crippen molar-refractivity contribution in [1.29, 1.82) is 0 Å². The second-order valence-electron chi connectivity index (χ2n) is 6.18. The van der Waals surface area contributed by atoms with Crippen LogP contribution in [0.4, 0.5) is 0 Å². The molecular formula is C19H18ClN3O2. The highest BCUT2D eigenvalue weighted by Crippen LogP contribution is 2.22. The predicted molar refractivity (Wildman–Crippen MR) is 95.6 cm³/mol. The zero-order valence-electron chi connectivity index (χ0n) is 13.6. The van der Waals surface area contributed by atoms with E-state index >= 15 is 0 Å². The zero-order valence-corrected chi connectivity index (χ0v) is 14.4. The van der Waals surface area contributed by atoms with Crippen LogP contribution >= 0.6 is 11.6 Å². The van der Waals surface area contributed by atoms with Crippen LogP contribution in [0.15, 0.2) is 53.1 Å². The SMILES string of the molecule is Clc1cccc(COc2ccc(-c3noc(CC4CNC4)n3)cc2)c1. The Balaban J connectivity index is 1.38. The molecule has 25 heavy (non-hydrogen) atoms. The van der Waals surface area contributed by atoms with Crippen molar-refractivity contribution in [2.45, 2.75) is 13.0 Å². The van der Waals surface area contributed by atoms with E-state index in [0.29, 0.717) is 29.3 Å². The lowest BCUT2D eigenvalue weighted by atomic mass is 10.00. The molecule has 0 radical (unpaired) electrons. The number of benzene rings is 2. The molecule has 0 unspecified atom stereocenters. The summed E-state index contributed by atoms with van der Waals surface area (Å²) < 4.78 is 11.1. The molecule has 1 saturated heterocycles. The molecule has 1 aromatic heterocycles. The minimum atomic E-state index is 0.474. The van der Waals surface area contributed by atoms with Gasteiger partial charge in [-0.2, -0.15) is 4.98 Å². The molecule has 5 nitrogen and oxygen atoms in total. The van der Waals surface area contributed by atoms with Crippen LogP contribution in [0.25, 0.3) is 11.4 Å². The number of rotatable bonds is 6. The second-order valence-corrected chi connectivity index (χ2v) is 6.62. The van der Waals surface area contributed by atoms with E-state index in [9.17, 15) is 0 Å². The Morgan fingerprint density at radius 3 is 2.72 bits per heavy atom. The van der Waals surface area contributed by atoms with Crippen LogP contribution in [0.1, 0.15) is 11.5 Å². The van der Waals surface area contributed by atoms with Crippen molar-refractivity contribution in [2.75, 3.05) is 13.1 Å². The molecule has 0 atom stereocenters. The van der Waals surface area contributed by atoms with Crippen LogP contribution in [-0.4, -0.2) is 23.2 Å². The summed E-state index contributed by atoms with van der Waals surface area (Å²) in [5, 5.41) is 8.02. The first-order valence-electron chi connectivity index (χ1n) is 8.27. The van der Waals surface area contributed by atoms with E-state index in [4.69, 9.17) is 20.9 Å². The number of nitrogens with zero attached hydrogens (tertiary/aromatic N) is 2. The summed E-state index contributed by atoms with van der Waals surface area (Å²) in [5.74, 6) is 2.70. The van der Waals surface area contributed by atoms with Gasteiger partial charge in [-0.1, -0.05) is 28.9 Å². The maximum Gasteiger partial charge on any atom is 0.227 e. The summed E-state index contributed by atoms with van der Waals surface area (Å²) >= 11 is 5.98. The third kappa shape index (κ3) is 4.00. The molecule has 0 bridgehead atoms. The van der Waals surface area contributed by atoms with E-state index in [1.165, 1.54) is 0 Å². The summed E-state index contributed by atoms with van der Waals surface area (Å²) in [7, 11) is 0. The molecular weight excluding hydrogens is 338 g/mol. The lowest BCUT2D eigenvalue weighted by Gasteiger charge is -2.25. The summed E-state index contributed by atoms with van der Waals surface area (Å²) in [6.45, 7) is 2.52. The molecule has 2 aromatic carbocycles. The average Bonchev–Trinajstić information content (AvgIpc) is 3.06. The number of aromatic nitrogens is 2. The van der Waals surface area contributed by atoms with E-state index in [1.807, 2.05) is 48.5 Å². The van der Waals surface area contributed by atoms with Crippen LogP contribution < -0.4 is 10.1 Å². The minimum Gasteiger partial charge on any atom is -0.489 e. The van der Waals surface area contributed by atoms with Gasteiger partial charge in [0.05, 0.1) is 0 Å². The van der Waals surface area contributed by atoms with Gasteiger partial charge in [0.2, 0.25) is 11.7 Å². The van der Waals surface area contributed by atoms with E-state index < -0.39 is 0 Å². The zero-order chi connectivity index (χ0) is 17.1. The Kier molecular flexibility index (Phi) is 4.68. The standard InChI is InChI=1S/C19H18ClN3O2/c20-16-3-1-2-13(8-16)12-24-17-6-4-15(5-7-17)19-22-18(25-23-19)9-14-10-21-11-14/h1-8,14,21H,9-12H2. The molecule has 1 aliphatic rings. The van der Waals surface area contributed by atoms with Gasteiger partial charge < -0.3 is 14.6 Å².